The van der Waals surface area contributed by atoms with Crippen molar-refractivity contribution in [3.8, 4) is 5.75 Å². The lowest BCUT2D eigenvalue weighted by atomic mass is 9.76. The maximum absolute atomic E-state index is 5.40. The lowest BCUT2D eigenvalue weighted by Crippen LogP contribution is -2.28. The number of ether oxygens (including phenoxy) is 1. The Morgan fingerprint density at radius 1 is 1.25 bits per heavy atom. The van der Waals surface area contributed by atoms with Crippen LogP contribution in [-0.2, 0) is 0 Å². The number of methoxy groups -OCH3 is 1. The van der Waals surface area contributed by atoms with E-state index < -0.39 is 0 Å². The number of hydrogen-bond donors (Lipinski definition) is 1. The standard InChI is InChI=1S/C18H29NO/c1-3-12-19-14-18(15-8-5-4-6-9-15)16-10-7-11-17(13-16)20-2/h7,10-11,13,15,18-19H,3-6,8-9,12,14H2,1-2H3. The molecule has 112 valence electrons. The van der Waals surface area contributed by atoms with E-state index in [1.54, 1.807) is 7.11 Å². The average Bonchev–Trinajstić information content (AvgIpc) is 2.52. The maximum Gasteiger partial charge on any atom is 0.119 e. The highest BCUT2D eigenvalue weighted by Crippen LogP contribution is 2.36. The minimum atomic E-state index is 0.636. The van der Waals surface area contributed by atoms with Gasteiger partial charge >= 0.3 is 0 Å². The molecule has 1 atom stereocenters. The molecule has 2 heteroatoms. The molecule has 2 rings (SSSR count). The summed E-state index contributed by atoms with van der Waals surface area (Å²) >= 11 is 0. The van der Waals surface area contributed by atoms with E-state index in [2.05, 4.69) is 30.4 Å². The van der Waals surface area contributed by atoms with Crippen LogP contribution in [0.25, 0.3) is 0 Å². The summed E-state index contributed by atoms with van der Waals surface area (Å²) in [5.41, 5.74) is 1.44. The molecule has 0 amide bonds. The third-order valence-corrected chi connectivity index (χ3v) is 4.53. The minimum absolute atomic E-state index is 0.636. The summed E-state index contributed by atoms with van der Waals surface area (Å²) in [7, 11) is 1.75. The lowest BCUT2D eigenvalue weighted by Gasteiger charge is -2.31. The summed E-state index contributed by atoms with van der Waals surface area (Å²) in [4.78, 5) is 0. The molecule has 2 nitrogen and oxygen atoms in total. The zero-order valence-electron chi connectivity index (χ0n) is 13.0. The number of benzene rings is 1. The van der Waals surface area contributed by atoms with Gasteiger partial charge in [0.05, 0.1) is 7.11 Å². The Labute approximate surface area is 123 Å². The quantitative estimate of drug-likeness (QED) is 0.747. The highest BCUT2D eigenvalue weighted by Gasteiger charge is 2.24. The highest BCUT2D eigenvalue weighted by atomic mass is 16.5. The van der Waals surface area contributed by atoms with Gasteiger partial charge in [0.2, 0.25) is 0 Å². The molecule has 0 radical (unpaired) electrons. The molecular weight excluding hydrogens is 246 g/mol. The smallest absolute Gasteiger partial charge is 0.119 e. The van der Waals surface area contributed by atoms with Gasteiger partial charge in [-0.3, -0.25) is 0 Å². The fraction of sp³-hybridized carbons (Fsp3) is 0.667. The van der Waals surface area contributed by atoms with Crippen LogP contribution in [0.3, 0.4) is 0 Å². The first kappa shape index (κ1) is 15.4. The van der Waals surface area contributed by atoms with Gasteiger partial charge < -0.3 is 10.1 Å². The summed E-state index contributed by atoms with van der Waals surface area (Å²) in [6, 6.07) is 8.67. The van der Waals surface area contributed by atoms with Crippen molar-refractivity contribution in [1.29, 1.82) is 0 Å². The van der Waals surface area contributed by atoms with Crippen LogP contribution in [0.1, 0.15) is 56.9 Å². The Kier molecular flexibility index (Phi) is 6.38. The first-order valence-corrected chi connectivity index (χ1v) is 8.19. The number of rotatable bonds is 7. The Morgan fingerprint density at radius 2 is 2.05 bits per heavy atom. The second kappa shape index (κ2) is 8.31. The van der Waals surface area contributed by atoms with E-state index >= 15 is 0 Å². The molecule has 20 heavy (non-hydrogen) atoms. The monoisotopic (exact) mass is 275 g/mol. The number of nitrogens with one attached hydrogen (secondary N) is 1. The Morgan fingerprint density at radius 3 is 2.75 bits per heavy atom. The fourth-order valence-corrected chi connectivity index (χ4v) is 3.40. The Balaban J connectivity index is 2.10. The molecular formula is C18H29NO. The van der Waals surface area contributed by atoms with Crippen molar-refractivity contribution in [2.45, 2.75) is 51.4 Å². The summed E-state index contributed by atoms with van der Waals surface area (Å²) in [6.45, 7) is 4.45. The van der Waals surface area contributed by atoms with E-state index in [1.165, 1.54) is 44.1 Å². The van der Waals surface area contributed by atoms with Gasteiger partial charge in [-0.2, -0.15) is 0 Å². The molecule has 0 spiro atoms. The average molecular weight is 275 g/mol. The van der Waals surface area contributed by atoms with Crippen molar-refractivity contribution in [1.82, 2.24) is 5.32 Å². The van der Waals surface area contributed by atoms with Gasteiger partial charge in [0.15, 0.2) is 0 Å². The predicted octanol–water partition coefficient (Wildman–Crippen LogP) is 4.36. The van der Waals surface area contributed by atoms with E-state index in [4.69, 9.17) is 4.74 Å². The normalized spacial score (nSPS) is 17.9. The van der Waals surface area contributed by atoms with Crippen LogP contribution in [0.5, 0.6) is 5.75 Å². The predicted molar refractivity (Wildman–Crippen MR) is 85.5 cm³/mol. The van der Waals surface area contributed by atoms with Gasteiger partial charge in [-0.25, -0.2) is 0 Å². The fourth-order valence-electron chi connectivity index (χ4n) is 3.40. The van der Waals surface area contributed by atoms with Crippen molar-refractivity contribution in [2.75, 3.05) is 20.2 Å². The van der Waals surface area contributed by atoms with Crippen LogP contribution >= 0.6 is 0 Å². The molecule has 0 heterocycles. The van der Waals surface area contributed by atoms with Crippen molar-refractivity contribution < 1.29 is 4.74 Å². The van der Waals surface area contributed by atoms with Crippen LogP contribution in [0, 0.1) is 5.92 Å². The van der Waals surface area contributed by atoms with E-state index in [0.29, 0.717) is 5.92 Å². The van der Waals surface area contributed by atoms with E-state index in [0.717, 1.165) is 24.8 Å². The van der Waals surface area contributed by atoms with Gasteiger partial charge in [0.25, 0.3) is 0 Å². The number of hydrogen-bond acceptors (Lipinski definition) is 2. The Hall–Kier alpha value is -1.02. The molecule has 1 aromatic carbocycles. The van der Waals surface area contributed by atoms with E-state index in [1.807, 2.05) is 6.07 Å². The zero-order valence-corrected chi connectivity index (χ0v) is 13.0. The highest BCUT2D eigenvalue weighted by molar-refractivity contribution is 5.31. The van der Waals surface area contributed by atoms with Crippen molar-refractivity contribution >= 4 is 0 Å². The SMILES string of the molecule is CCCNCC(c1cccc(OC)c1)C1CCCCC1. The van der Waals surface area contributed by atoms with Gasteiger partial charge in [0.1, 0.15) is 5.75 Å². The molecule has 1 aromatic rings. The molecule has 0 aromatic heterocycles. The van der Waals surface area contributed by atoms with Crippen molar-refractivity contribution in [3.63, 3.8) is 0 Å². The second-order valence-corrected chi connectivity index (χ2v) is 5.99. The molecule has 0 aliphatic heterocycles. The van der Waals surface area contributed by atoms with E-state index in [9.17, 15) is 0 Å². The lowest BCUT2D eigenvalue weighted by molar-refractivity contribution is 0.296. The summed E-state index contributed by atoms with van der Waals surface area (Å²) < 4.78 is 5.40. The largest absolute Gasteiger partial charge is 0.497 e. The first-order valence-electron chi connectivity index (χ1n) is 8.19. The molecule has 1 aliphatic rings. The van der Waals surface area contributed by atoms with Crippen LogP contribution < -0.4 is 10.1 Å². The molecule has 1 aliphatic carbocycles. The van der Waals surface area contributed by atoms with Crippen molar-refractivity contribution in [3.05, 3.63) is 29.8 Å². The third kappa shape index (κ3) is 4.24. The molecule has 1 fully saturated rings. The summed E-state index contributed by atoms with van der Waals surface area (Å²) in [6.07, 6.45) is 8.20. The van der Waals surface area contributed by atoms with Crippen molar-refractivity contribution in [2.24, 2.45) is 5.92 Å². The molecule has 1 saturated carbocycles. The van der Waals surface area contributed by atoms with Gasteiger partial charge in [-0.15, -0.1) is 0 Å². The zero-order chi connectivity index (χ0) is 14.2. The molecule has 0 bridgehead atoms. The summed E-state index contributed by atoms with van der Waals surface area (Å²) in [5.74, 6) is 2.45. The van der Waals surface area contributed by atoms with Gasteiger partial charge in [0, 0.05) is 6.54 Å². The van der Waals surface area contributed by atoms with Crippen LogP contribution in [-0.4, -0.2) is 20.2 Å². The van der Waals surface area contributed by atoms with Gasteiger partial charge in [-0.05, 0) is 55.3 Å². The topological polar surface area (TPSA) is 21.3 Å². The Bertz CT molecular complexity index is 385. The minimum Gasteiger partial charge on any atom is -0.497 e. The third-order valence-electron chi connectivity index (χ3n) is 4.53. The molecule has 1 N–H and O–H groups in total. The summed E-state index contributed by atoms with van der Waals surface area (Å²) in [5, 5.41) is 3.63. The maximum atomic E-state index is 5.40. The van der Waals surface area contributed by atoms with Gasteiger partial charge in [-0.1, -0.05) is 38.3 Å². The molecule has 0 saturated heterocycles. The molecule has 1 unspecified atom stereocenters. The first-order chi connectivity index (χ1) is 9.85. The second-order valence-electron chi connectivity index (χ2n) is 5.99. The van der Waals surface area contributed by atoms with Crippen LogP contribution in [0.2, 0.25) is 0 Å². The van der Waals surface area contributed by atoms with E-state index in [-0.39, 0.29) is 0 Å². The van der Waals surface area contributed by atoms with Crippen LogP contribution in [0.15, 0.2) is 24.3 Å². The van der Waals surface area contributed by atoms with Crippen LogP contribution in [0.4, 0.5) is 0 Å².